The number of alkyl halides is 6. The molecule has 1 aliphatic rings. The van der Waals surface area contributed by atoms with Crippen LogP contribution in [0.5, 0.6) is 5.75 Å². The third-order valence-corrected chi connectivity index (χ3v) is 5.52. The van der Waals surface area contributed by atoms with E-state index in [1.54, 1.807) is 6.92 Å². The summed E-state index contributed by atoms with van der Waals surface area (Å²) in [5.41, 5.74) is -7.64. The molecule has 2 N–H and O–H groups in total. The summed E-state index contributed by atoms with van der Waals surface area (Å²) in [6.45, 7) is 0.103. The zero-order chi connectivity index (χ0) is 19.9. The zero-order valence-electron chi connectivity index (χ0n) is 13.4. The highest BCUT2D eigenvalue weighted by molar-refractivity contribution is 7.89. The first-order valence-corrected chi connectivity index (χ1v) is 8.98. The third kappa shape index (κ3) is 3.85. The fourth-order valence-electron chi connectivity index (χ4n) is 2.75. The molecule has 0 spiro atoms. The lowest BCUT2D eigenvalue weighted by Gasteiger charge is -2.25. The van der Waals surface area contributed by atoms with Crippen molar-refractivity contribution in [3.8, 4) is 5.75 Å². The van der Waals surface area contributed by atoms with Gasteiger partial charge in [-0.1, -0.05) is 13.3 Å². The van der Waals surface area contributed by atoms with E-state index in [-0.39, 0.29) is 16.4 Å². The van der Waals surface area contributed by atoms with Gasteiger partial charge in [0.05, 0.1) is 5.56 Å². The van der Waals surface area contributed by atoms with Crippen LogP contribution in [0.15, 0.2) is 12.1 Å². The van der Waals surface area contributed by atoms with Crippen molar-refractivity contribution in [2.75, 3.05) is 11.9 Å². The van der Waals surface area contributed by atoms with Gasteiger partial charge < -0.3 is 10.4 Å². The van der Waals surface area contributed by atoms with Gasteiger partial charge in [0.25, 0.3) is 0 Å². The Hall–Kier alpha value is -1.69. The topological polar surface area (TPSA) is 69.6 Å². The molecule has 1 aromatic carbocycles. The monoisotopic (exact) mass is 406 g/mol. The molecule has 148 valence electrons. The Labute approximate surface area is 145 Å². The quantitative estimate of drug-likeness (QED) is 0.752. The molecule has 0 saturated heterocycles. The van der Waals surface area contributed by atoms with Gasteiger partial charge in [-0.15, -0.1) is 0 Å². The number of nitrogens with zero attached hydrogens (tertiary/aromatic N) is 1. The third-order valence-electron chi connectivity index (χ3n) is 3.98. The Morgan fingerprint density at radius 3 is 2.35 bits per heavy atom. The Bertz CT molecular complexity index is 776. The van der Waals surface area contributed by atoms with Crippen molar-refractivity contribution in [1.29, 1.82) is 0 Å². The fraction of sp³-hybridized carbons (Fsp3) is 0.571. The number of benzene rings is 1. The molecule has 1 atom stereocenters. The van der Waals surface area contributed by atoms with Crippen LogP contribution in [0.25, 0.3) is 0 Å². The van der Waals surface area contributed by atoms with Crippen LogP contribution in [-0.2, 0) is 22.7 Å². The average molecular weight is 406 g/mol. The molecule has 0 amide bonds. The van der Waals surface area contributed by atoms with Crippen LogP contribution in [0.4, 0.5) is 32.0 Å². The highest BCUT2D eigenvalue weighted by atomic mass is 32.2. The van der Waals surface area contributed by atoms with Gasteiger partial charge in [-0.2, -0.15) is 30.6 Å². The van der Waals surface area contributed by atoms with Crippen LogP contribution < -0.4 is 5.32 Å². The Balaban J connectivity index is 2.59. The van der Waals surface area contributed by atoms with E-state index in [1.165, 1.54) is 0 Å². The normalized spacial score (nSPS) is 19.6. The number of halogens is 6. The molecule has 2 rings (SSSR count). The number of anilines is 1. The molecular weight excluding hydrogens is 390 g/mol. The minimum Gasteiger partial charge on any atom is -0.507 e. The van der Waals surface area contributed by atoms with Crippen molar-refractivity contribution >= 4 is 15.7 Å². The van der Waals surface area contributed by atoms with Crippen LogP contribution >= 0.6 is 0 Å². The summed E-state index contributed by atoms with van der Waals surface area (Å²) in [4.78, 5) is 0. The van der Waals surface area contributed by atoms with E-state index >= 15 is 0 Å². The number of phenolic OH excluding ortho intramolecular Hbond substituents is 1. The number of aromatic hydroxyl groups is 1. The van der Waals surface area contributed by atoms with E-state index in [0.717, 1.165) is 6.07 Å². The smallest absolute Gasteiger partial charge is 0.507 e. The van der Waals surface area contributed by atoms with E-state index in [0.29, 0.717) is 12.5 Å². The van der Waals surface area contributed by atoms with Gasteiger partial charge in [0, 0.05) is 30.4 Å². The maximum Gasteiger partial charge on any atom is 0.511 e. The number of hydrogen-bond acceptors (Lipinski definition) is 4. The van der Waals surface area contributed by atoms with Gasteiger partial charge in [-0.3, -0.25) is 0 Å². The first-order valence-electron chi connectivity index (χ1n) is 7.54. The summed E-state index contributed by atoms with van der Waals surface area (Å²) in [5, 5.41) is 12.7. The average Bonchev–Trinajstić information content (AvgIpc) is 2.65. The standard InChI is InChI=1S/C14H16F6N2O3S/c1-2-3-8-6-22(26(24,25)14(18,19)20)7-9-11(21-8)5-4-10(12(9)23)13(15,16)17/h4-5,8,21,23H,2-3,6-7H2,1H3. The Morgan fingerprint density at radius 1 is 1.23 bits per heavy atom. The van der Waals surface area contributed by atoms with Crippen molar-refractivity contribution < 1.29 is 39.9 Å². The van der Waals surface area contributed by atoms with Crippen LogP contribution in [0.2, 0.25) is 0 Å². The number of rotatable bonds is 3. The first-order chi connectivity index (χ1) is 11.8. The molecule has 0 saturated carbocycles. The van der Waals surface area contributed by atoms with Gasteiger partial charge in [0.1, 0.15) is 5.75 Å². The molecule has 0 aliphatic carbocycles. The lowest BCUT2D eigenvalue weighted by Crippen LogP contribution is -2.44. The van der Waals surface area contributed by atoms with Gasteiger partial charge in [-0.25, -0.2) is 8.42 Å². The van der Waals surface area contributed by atoms with E-state index in [9.17, 15) is 39.9 Å². The summed E-state index contributed by atoms with van der Waals surface area (Å²) in [7, 11) is -5.78. The molecule has 1 unspecified atom stereocenters. The molecule has 1 aromatic rings. The summed E-state index contributed by atoms with van der Waals surface area (Å²) in [6, 6.07) is 0.817. The van der Waals surface area contributed by atoms with Crippen molar-refractivity contribution in [1.82, 2.24) is 4.31 Å². The SMILES string of the molecule is CCCC1CN(S(=O)(=O)C(F)(F)F)Cc2c(ccc(C(F)(F)F)c2O)N1. The number of sulfonamides is 1. The highest BCUT2D eigenvalue weighted by Crippen LogP contribution is 2.42. The predicted octanol–water partition coefficient (Wildman–Crippen LogP) is 3.66. The summed E-state index contributed by atoms with van der Waals surface area (Å²) in [6.07, 6.45) is -4.16. The lowest BCUT2D eigenvalue weighted by molar-refractivity contribution is -0.138. The molecule has 1 heterocycles. The van der Waals surface area contributed by atoms with Crippen molar-refractivity contribution in [2.24, 2.45) is 0 Å². The minimum atomic E-state index is -5.78. The Morgan fingerprint density at radius 2 is 1.85 bits per heavy atom. The lowest BCUT2D eigenvalue weighted by atomic mass is 10.1. The van der Waals surface area contributed by atoms with Gasteiger partial charge in [0.15, 0.2) is 0 Å². The van der Waals surface area contributed by atoms with E-state index < -0.39 is 57.7 Å². The molecule has 26 heavy (non-hydrogen) atoms. The summed E-state index contributed by atoms with van der Waals surface area (Å²) in [5.74, 6) is -1.29. The molecule has 5 nitrogen and oxygen atoms in total. The van der Waals surface area contributed by atoms with E-state index in [4.69, 9.17) is 0 Å². The molecule has 0 bridgehead atoms. The first kappa shape index (κ1) is 20.6. The number of phenols is 1. The fourth-order valence-corrected chi connectivity index (χ4v) is 3.72. The molecule has 0 fully saturated rings. The Kier molecular flexibility index (Phi) is 5.39. The molecule has 1 aliphatic heterocycles. The number of fused-ring (bicyclic) bond motifs is 1. The van der Waals surface area contributed by atoms with Crippen LogP contribution in [0.3, 0.4) is 0 Å². The van der Waals surface area contributed by atoms with E-state index in [1.807, 2.05) is 0 Å². The highest BCUT2D eigenvalue weighted by Gasteiger charge is 2.51. The predicted molar refractivity (Wildman–Crippen MR) is 80.8 cm³/mol. The van der Waals surface area contributed by atoms with Crippen LogP contribution in [0.1, 0.15) is 30.9 Å². The number of nitrogens with one attached hydrogen (secondary N) is 1. The maximum atomic E-state index is 12.9. The molecule has 0 aromatic heterocycles. The maximum absolute atomic E-state index is 12.9. The van der Waals surface area contributed by atoms with Gasteiger partial charge in [-0.05, 0) is 18.6 Å². The van der Waals surface area contributed by atoms with E-state index in [2.05, 4.69) is 5.32 Å². The number of hydrogen-bond donors (Lipinski definition) is 2. The van der Waals surface area contributed by atoms with Crippen molar-refractivity contribution in [2.45, 2.75) is 44.0 Å². The summed E-state index contributed by atoms with van der Waals surface area (Å²) < 4.78 is 101. The minimum absolute atomic E-state index is 0.0335. The molecule has 12 heteroatoms. The van der Waals surface area contributed by atoms with Gasteiger partial charge >= 0.3 is 21.7 Å². The van der Waals surface area contributed by atoms with Crippen molar-refractivity contribution in [3.05, 3.63) is 23.3 Å². The van der Waals surface area contributed by atoms with Gasteiger partial charge in [0.2, 0.25) is 0 Å². The second-order valence-corrected chi connectivity index (χ2v) is 7.79. The molecular formula is C14H16F6N2O3S. The summed E-state index contributed by atoms with van der Waals surface area (Å²) >= 11 is 0. The largest absolute Gasteiger partial charge is 0.511 e. The zero-order valence-corrected chi connectivity index (χ0v) is 14.3. The van der Waals surface area contributed by atoms with Crippen LogP contribution in [-0.4, -0.2) is 35.9 Å². The molecule has 0 radical (unpaired) electrons. The second kappa shape index (κ2) is 6.80. The second-order valence-electron chi connectivity index (χ2n) is 5.86. The van der Waals surface area contributed by atoms with Crippen molar-refractivity contribution in [3.63, 3.8) is 0 Å². The van der Waals surface area contributed by atoms with Crippen LogP contribution in [0, 0.1) is 0 Å².